The van der Waals surface area contributed by atoms with Gasteiger partial charge in [-0.05, 0) is 18.9 Å². The SMILES string of the molecule is CO.Cc1ccc(CC(N)C=O)cc1. The summed E-state index contributed by atoms with van der Waals surface area (Å²) in [6.07, 6.45) is 1.41. The first-order chi connectivity index (χ1) is 6.72. The molecular formula is C11H17NO2. The van der Waals surface area contributed by atoms with E-state index in [2.05, 4.69) is 0 Å². The van der Waals surface area contributed by atoms with E-state index in [4.69, 9.17) is 10.8 Å². The number of benzene rings is 1. The normalized spacial score (nSPS) is 11.1. The minimum atomic E-state index is -0.368. The molecule has 1 unspecified atom stereocenters. The van der Waals surface area contributed by atoms with Crippen LogP contribution in [-0.2, 0) is 11.2 Å². The van der Waals surface area contributed by atoms with Crippen LogP contribution in [0.5, 0.6) is 0 Å². The van der Waals surface area contributed by atoms with E-state index in [-0.39, 0.29) is 6.04 Å². The summed E-state index contributed by atoms with van der Waals surface area (Å²) < 4.78 is 0. The number of carbonyl (C=O) groups excluding carboxylic acids is 1. The van der Waals surface area contributed by atoms with Crippen LogP contribution in [0.3, 0.4) is 0 Å². The maximum Gasteiger partial charge on any atom is 0.137 e. The first-order valence-electron chi connectivity index (χ1n) is 4.43. The van der Waals surface area contributed by atoms with E-state index in [0.29, 0.717) is 6.42 Å². The molecule has 0 amide bonds. The summed E-state index contributed by atoms with van der Waals surface area (Å²) in [5.74, 6) is 0. The van der Waals surface area contributed by atoms with Gasteiger partial charge in [-0.25, -0.2) is 0 Å². The number of aldehydes is 1. The van der Waals surface area contributed by atoms with Gasteiger partial charge in [-0.2, -0.15) is 0 Å². The Kier molecular flexibility index (Phi) is 6.62. The minimum Gasteiger partial charge on any atom is -0.400 e. The molecular weight excluding hydrogens is 178 g/mol. The summed E-state index contributed by atoms with van der Waals surface area (Å²) >= 11 is 0. The molecule has 14 heavy (non-hydrogen) atoms. The van der Waals surface area contributed by atoms with Crippen molar-refractivity contribution in [2.45, 2.75) is 19.4 Å². The molecule has 0 bridgehead atoms. The number of hydrogen-bond acceptors (Lipinski definition) is 3. The summed E-state index contributed by atoms with van der Waals surface area (Å²) in [7, 11) is 1.00. The van der Waals surface area contributed by atoms with E-state index in [1.807, 2.05) is 31.2 Å². The average Bonchev–Trinajstić information content (AvgIpc) is 2.24. The van der Waals surface area contributed by atoms with E-state index in [0.717, 1.165) is 19.0 Å². The van der Waals surface area contributed by atoms with Crippen molar-refractivity contribution in [1.82, 2.24) is 0 Å². The highest BCUT2D eigenvalue weighted by Crippen LogP contribution is 2.04. The van der Waals surface area contributed by atoms with E-state index >= 15 is 0 Å². The Morgan fingerprint density at radius 2 is 1.86 bits per heavy atom. The average molecular weight is 195 g/mol. The Bertz CT molecular complexity index is 256. The molecule has 0 aliphatic heterocycles. The van der Waals surface area contributed by atoms with E-state index in [1.54, 1.807) is 0 Å². The van der Waals surface area contributed by atoms with Crippen molar-refractivity contribution in [1.29, 1.82) is 0 Å². The molecule has 0 fully saturated rings. The van der Waals surface area contributed by atoms with Gasteiger partial charge >= 0.3 is 0 Å². The van der Waals surface area contributed by atoms with Crippen LogP contribution >= 0.6 is 0 Å². The Hall–Kier alpha value is -1.19. The van der Waals surface area contributed by atoms with Crippen LogP contribution in [-0.4, -0.2) is 24.5 Å². The summed E-state index contributed by atoms with van der Waals surface area (Å²) in [6, 6.07) is 7.67. The molecule has 0 saturated carbocycles. The zero-order valence-corrected chi connectivity index (χ0v) is 8.60. The van der Waals surface area contributed by atoms with Crippen LogP contribution in [0.15, 0.2) is 24.3 Å². The quantitative estimate of drug-likeness (QED) is 0.697. The fourth-order valence-electron chi connectivity index (χ4n) is 1.04. The second-order valence-corrected chi connectivity index (χ2v) is 2.99. The molecule has 0 aromatic heterocycles. The van der Waals surface area contributed by atoms with Crippen molar-refractivity contribution in [2.75, 3.05) is 7.11 Å². The third-order valence-electron chi connectivity index (χ3n) is 1.77. The highest BCUT2D eigenvalue weighted by Gasteiger charge is 2.00. The van der Waals surface area contributed by atoms with Crippen LogP contribution < -0.4 is 5.73 Å². The van der Waals surface area contributed by atoms with Crippen molar-refractivity contribution in [2.24, 2.45) is 5.73 Å². The molecule has 0 radical (unpaired) electrons. The number of aryl methyl sites for hydroxylation is 1. The molecule has 1 rings (SSSR count). The summed E-state index contributed by atoms with van der Waals surface area (Å²) in [4.78, 5) is 10.3. The lowest BCUT2D eigenvalue weighted by Gasteiger charge is -2.03. The summed E-state index contributed by atoms with van der Waals surface area (Å²) in [5, 5.41) is 7.00. The second-order valence-electron chi connectivity index (χ2n) is 2.99. The Balaban J connectivity index is 0.000000791. The highest BCUT2D eigenvalue weighted by molar-refractivity contribution is 5.57. The zero-order valence-electron chi connectivity index (χ0n) is 8.60. The molecule has 1 aromatic rings. The van der Waals surface area contributed by atoms with Gasteiger partial charge in [0.25, 0.3) is 0 Å². The predicted octanol–water partition coefficient (Wildman–Crippen LogP) is 0.672. The van der Waals surface area contributed by atoms with Crippen LogP contribution in [0, 0.1) is 6.92 Å². The Morgan fingerprint density at radius 3 is 2.29 bits per heavy atom. The van der Waals surface area contributed by atoms with Crippen molar-refractivity contribution in [3.8, 4) is 0 Å². The van der Waals surface area contributed by atoms with Gasteiger partial charge in [-0.3, -0.25) is 0 Å². The maximum absolute atomic E-state index is 10.3. The number of aliphatic hydroxyl groups is 1. The van der Waals surface area contributed by atoms with Crippen molar-refractivity contribution in [3.05, 3.63) is 35.4 Å². The zero-order chi connectivity index (χ0) is 11.0. The minimum absolute atomic E-state index is 0.368. The third-order valence-corrected chi connectivity index (χ3v) is 1.77. The summed E-state index contributed by atoms with van der Waals surface area (Å²) in [5.41, 5.74) is 7.81. The standard InChI is InChI=1S/C10H13NO.CH4O/c1-8-2-4-9(5-3-8)6-10(11)7-12;1-2/h2-5,7,10H,6,11H2,1H3;2H,1H3. The van der Waals surface area contributed by atoms with Crippen molar-refractivity contribution in [3.63, 3.8) is 0 Å². The molecule has 0 aliphatic rings. The van der Waals surface area contributed by atoms with Gasteiger partial charge < -0.3 is 15.6 Å². The van der Waals surface area contributed by atoms with E-state index in [9.17, 15) is 4.79 Å². The largest absolute Gasteiger partial charge is 0.400 e. The van der Waals surface area contributed by atoms with Crippen LogP contribution in [0.25, 0.3) is 0 Å². The van der Waals surface area contributed by atoms with Gasteiger partial charge in [0.1, 0.15) is 6.29 Å². The first-order valence-corrected chi connectivity index (χ1v) is 4.43. The van der Waals surface area contributed by atoms with Crippen LogP contribution in [0.4, 0.5) is 0 Å². The van der Waals surface area contributed by atoms with Gasteiger partial charge in [-0.15, -0.1) is 0 Å². The predicted molar refractivity (Wildman–Crippen MR) is 57.1 cm³/mol. The lowest BCUT2D eigenvalue weighted by Crippen LogP contribution is -2.23. The second kappa shape index (κ2) is 7.24. The van der Waals surface area contributed by atoms with E-state index in [1.165, 1.54) is 5.56 Å². The molecule has 0 aliphatic carbocycles. The molecule has 0 saturated heterocycles. The van der Waals surface area contributed by atoms with Crippen molar-refractivity contribution >= 4 is 6.29 Å². The number of hydrogen-bond donors (Lipinski definition) is 2. The van der Waals surface area contributed by atoms with Crippen LogP contribution in [0.1, 0.15) is 11.1 Å². The maximum atomic E-state index is 10.3. The van der Waals surface area contributed by atoms with Crippen LogP contribution in [0.2, 0.25) is 0 Å². The Labute approximate surface area is 84.6 Å². The topological polar surface area (TPSA) is 63.3 Å². The first kappa shape index (κ1) is 12.8. The molecule has 0 spiro atoms. The third kappa shape index (κ3) is 4.74. The van der Waals surface area contributed by atoms with Gasteiger partial charge in [-0.1, -0.05) is 29.8 Å². The molecule has 0 heterocycles. The van der Waals surface area contributed by atoms with Gasteiger partial charge in [0.05, 0.1) is 6.04 Å². The fraction of sp³-hybridized carbons (Fsp3) is 0.364. The molecule has 3 N–H and O–H groups in total. The molecule has 1 atom stereocenters. The number of rotatable bonds is 3. The number of carbonyl (C=O) groups is 1. The Morgan fingerprint density at radius 1 is 1.36 bits per heavy atom. The molecule has 3 heteroatoms. The lowest BCUT2D eigenvalue weighted by atomic mass is 10.1. The van der Waals surface area contributed by atoms with Gasteiger partial charge in [0.15, 0.2) is 0 Å². The molecule has 78 valence electrons. The van der Waals surface area contributed by atoms with E-state index < -0.39 is 0 Å². The number of nitrogens with two attached hydrogens (primary N) is 1. The molecule has 1 aromatic carbocycles. The van der Waals surface area contributed by atoms with Crippen molar-refractivity contribution < 1.29 is 9.90 Å². The highest BCUT2D eigenvalue weighted by atomic mass is 16.2. The fourth-order valence-corrected chi connectivity index (χ4v) is 1.04. The molecule has 3 nitrogen and oxygen atoms in total. The number of aliphatic hydroxyl groups excluding tert-OH is 1. The smallest absolute Gasteiger partial charge is 0.137 e. The monoisotopic (exact) mass is 195 g/mol. The van der Waals surface area contributed by atoms with Gasteiger partial charge in [0, 0.05) is 7.11 Å². The lowest BCUT2D eigenvalue weighted by molar-refractivity contribution is -0.108. The van der Waals surface area contributed by atoms with Gasteiger partial charge in [0.2, 0.25) is 0 Å². The summed E-state index contributed by atoms with van der Waals surface area (Å²) in [6.45, 7) is 2.03.